The molecule has 2 aliphatic rings. The second-order valence-corrected chi connectivity index (χ2v) is 8.40. The third-order valence-corrected chi connectivity index (χ3v) is 6.36. The number of aliphatic hydroxyl groups is 1. The Balaban J connectivity index is 1.42. The molecule has 2 atom stereocenters. The fourth-order valence-electron chi connectivity index (χ4n) is 4.54. The molecule has 4 rings (SSSR count). The number of benzene rings is 1. The van der Waals surface area contributed by atoms with Crippen LogP contribution in [0.1, 0.15) is 42.2 Å². The number of hydrogen-bond donors (Lipinski definition) is 2. The van der Waals surface area contributed by atoms with E-state index in [9.17, 15) is 9.90 Å². The molecule has 2 fully saturated rings. The summed E-state index contributed by atoms with van der Waals surface area (Å²) in [7, 11) is 0. The van der Waals surface area contributed by atoms with Crippen LogP contribution in [0, 0.1) is 0 Å². The third-order valence-electron chi connectivity index (χ3n) is 6.36. The lowest BCUT2D eigenvalue weighted by Crippen LogP contribution is -2.69. The zero-order chi connectivity index (χ0) is 20.3. The smallest absolute Gasteiger partial charge is 0.251 e. The maximum absolute atomic E-state index is 12.7. The van der Waals surface area contributed by atoms with E-state index in [0.29, 0.717) is 18.6 Å². The average Bonchev–Trinajstić information content (AvgIpc) is 2.75. The number of nitrogens with one attached hydrogen (secondary N) is 1. The van der Waals surface area contributed by atoms with Crippen LogP contribution in [0.4, 0.5) is 0 Å². The van der Waals surface area contributed by atoms with Gasteiger partial charge in [0.15, 0.2) is 0 Å². The maximum atomic E-state index is 12.7. The van der Waals surface area contributed by atoms with Gasteiger partial charge in [-0.2, -0.15) is 0 Å². The fourth-order valence-corrected chi connectivity index (χ4v) is 4.54. The number of ether oxygens (including phenoxy) is 1. The summed E-state index contributed by atoms with van der Waals surface area (Å²) < 4.78 is 6.16. The second-order valence-electron chi connectivity index (χ2n) is 8.40. The van der Waals surface area contributed by atoms with E-state index in [2.05, 4.69) is 15.2 Å². The van der Waals surface area contributed by atoms with Crippen LogP contribution >= 0.6 is 0 Å². The molecule has 29 heavy (non-hydrogen) atoms. The summed E-state index contributed by atoms with van der Waals surface area (Å²) in [5.74, 6) is -0.156. The summed E-state index contributed by atoms with van der Waals surface area (Å²) in [5.41, 5.74) is 0.325. The third kappa shape index (κ3) is 4.20. The summed E-state index contributed by atoms with van der Waals surface area (Å²) in [6.45, 7) is 4.92. The van der Waals surface area contributed by atoms with Gasteiger partial charge in [0.25, 0.3) is 5.91 Å². The molecule has 0 bridgehead atoms. The van der Waals surface area contributed by atoms with Crippen molar-refractivity contribution in [2.24, 2.45) is 0 Å². The minimum atomic E-state index is -0.756. The van der Waals surface area contributed by atoms with Crippen LogP contribution in [-0.4, -0.2) is 57.8 Å². The lowest BCUT2D eigenvalue weighted by Gasteiger charge is -2.53. The average molecular weight is 396 g/mol. The number of hydrogen-bond acceptors (Lipinski definition) is 5. The number of aromatic nitrogens is 1. The molecule has 0 unspecified atom stereocenters. The molecule has 0 radical (unpaired) electrons. The number of likely N-dealkylation sites (tertiary alicyclic amines) is 1. The Morgan fingerprint density at radius 1 is 1.17 bits per heavy atom. The van der Waals surface area contributed by atoms with Gasteiger partial charge in [-0.25, -0.2) is 0 Å². The van der Waals surface area contributed by atoms with Gasteiger partial charge in [0.2, 0.25) is 0 Å². The van der Waals surface area contributed by atoms with Gasteiger partial charge in [-0.15, -0.1) is 0 Å². The molecule has 2 saturated heterocycles. The van der Waals surface area contributed by atoms with Gasteiger partial charge < -0.3 is 15.2 Å². The normalized spacial score (nSPS) is 26.9. The molecule has 6 heteroatoms. The number of rotatable bonds is 4. The highest BCUT2D eigenvalue weighted by atomic mass is 16.5. The highest BCUT2D eigenvalue weighted by molar-refractivity contribution is 5.94. The summed E-state index contributed by atoms with van der Waals surface area (Å²) in [5, 5.41) is 14.4. The minimum Gasteiger partial charge on any atom is -0.388 e. The van der Waals surface area contributed by atoms with Crippen LogP contribution in [0.3, 0.4) is 0 Å². The van der Waals surface area contributed by atoms with Gasteiger partial charge in [0.05, 0.1) is 16.8 Å². The van der Waals surface area contributed by atoms with E-state index in [-0.39, 0.29) is 5.91 Å². The Bertz CT molecular complexity index is 822. The quantitative estimate of drug-likeness (QED) is 0.832. The number of aliphatic hydroxyl groups excluding tert-OH is 1. The first-order chi connectivity index (χ1) is 14.0. The molecular formula is C23H29N3O3. The Labute approximate surface area is 171 Å². The first-order valence-corrected chi connectivity index (χ1v) is 10.3. The van der Waals surface area contributed by atoms with Gasteiger partial charge in [-0.3, -0.25) is 14.7 Å². The number of nitrogens with zero attached hydrogens (tertiary/aromatic N) is 2. The lowest BCUT2D eigenvalue weighted by molar-refractivity contribution is -0.206. The van der Waals surface area contributed by atoms with Gasteiger partial charge in [-0.05, 0) is 50.5 Å². The largest absolute Gasteiger partial charge is 0.388 e. The van der Waals surface area contributed by atoms with Crippen LogP contribution in [0.25, 0.3) is 0 Å². The molecule has 2 aliphatic heterocycles. The van der Waals surface area contributed by atoms with Gasteiger partial charge >= 0.3 is 0 Å². The van der Waals surface area contributed by atoms with Crippen molar-refractivity contribution in [3.05, 3.63) is 66.0 Å². The van der Waals surface area contributed by atoms with Gasteiger partial charge in [0.1, 0.15) is 6.10 Å². The molecule has 0 aliphatic carbocycles. The monoisotopic (exact) mass is 395 g/mol. The predicted molar refractivity (Wildman–Crippen MR) is 110 cm³/mol. The molecular weight excluding hydrogens is 366 g/mol. The Morgan fingerprint density at radius 2 is 1.90 bits per heavy atom. The van der Waals surface area contributed by atoms with Crippen molar-refractivity contribution in [3.63, 3.8) is 0 Å². The molecule has 1 aromatic heterocycles. The van der Waals surface area contributed by atoms with Crippen LogP contribution < -0.4 is 5.32 Å². The van der Waals surface area contributed by atoms with E-state index < -0.39 is 17.2 Å². The van der Waals surface area contributed by atoms with E-state index in [0.717, 1.165) is 38.2 Å². The molecule has 1 aromatic carbocycles. The predicted octanol–water partition coefficient (Wildman–Crippen LogP) is 2.39. The number of amides is 1. The molecule has 0 saturated carbocycles. The van der Waals surface area contributed by atoms with Crippen molar-refractivity contribution in [2.45, 2.75) is 50.0 Å². The van der Waals surface area contributed by atoms with E-state index in [1.54, 1.807) is 12.1 Å². The van der Waals surface area contributed by atoms with Crippen LogP contribution in [-0.2, 0) is 11.3 Å². The Kier molecular flexibility index (Phi) is 5.67. The van der Waals surface area contributed by atoms with Crippen molar-refractivity contribution >= 4 is 5.91 Å². The topological polar surface area (TPSA) is 74.7 Å². The number of piperidine rings is 1. The number of carbonyl (C=O) groups is 1. The first-order valence-electron chi connectivity index (χ1n) is 10.3. The van der Waals surface area contributed by atoms with Crippen molar-refractivity contribution in [1.82, 2.24) is 15.2 Å². The fraction of sp³-hybridized carbons (Fsp3) is 0.478. The van der Waals surface area contributed by atoms with Crippen LogP contribution in [0.5, 0.6) is 0 Å². The number of pyridine rings is 1. The summed E-state index contributed by atoms with van der Waals surface area (Å²) in [6, 6.07) is 15.1. The van der Waals surface area contributed by atoms with Crippen molar-refractivity contribution in [2.75, 3.05) is 19.7 Å². The van der Waals surface area contributed by atoms with Crippen molar-refractivity contribution in [3.8, 4) is 0 Å². The maximum Gasteiger partial charge on any atom is 0.251 e. The molecule has 1 spiro atoms. The second kappa shape index (κ2) is 8.22. The molecule has 3 heterocycles. The zero-order valence-corrected chi connectivity index (χ0v) is 16.9. The van der Waals surface area contributed by atoms with Crippen molar-refractivity contribution < 1.29 is 14.6 Å². The minimum absolute atomic E-state index is 0.156. The SMILES string of the molecule is C[C@]1(NC(=O)c2ccccc2)CCOC2(CCN(Cc3ccccn3)CC2)[C@@H]1O. The lowest BCUT2D eigenvalue weighted by atomic mass is 9.73. The first kappa shape index (κ1) is 20.0. The Morgan fingerprint density at radius 3 is 2.59 bits per heavy atom. The molecule has 154 valence electrons. The van der Waals surface area contributed by atoms with Gasteiger partial charge in [-0.1, -0.05) is 24.3 Å². The standard InChI is InChI=1S/C23H29N3O3/c1-22(25-20(27)18-7-3-2-4-8-18)12-16-29-23(21(22)28)10-14-26(15-11-23)17-19-9-5-6-13-24-19/h2-9,13,21,28H,10-12,14-17H2,1H3,(H,25,27)/t21-,22+/m1/s1. The number of carbonyl (C=O) groups excluding carboxylic acids is 1. The highest BCUT2D eigenvalue weighted by Gasteiger charge is 2.53. The molecule has 1 amide bonds. The zero-order valence-electron chi connectivity index (χ0n) is 16.9. The molecule has 6 nitrogen and oxygen atoms in total. The summed E-state index contributed by atoms with van der Waals surface area (Å²) in [6.07, 6.45) is 3.12. The highest BCUT2D eigenvalue weighted by Crippen LogP contribution is 2.40. The van der Waals surface area contributed by atoms with E-state index in [4.69, 9.17) is 4.74 Å². The summed E-state index contributed by atoms with van der Waals surface area (Å²) in [4.78, 5) is 19.5. The van der Waals surface area contributed by atoms with Crippen LogP contribution in [0.2, 0.25) is 0 Å². The van der Waals surface area contributed by atoms with Crippen molar-refractivity contribution in [1.29, 1.82) is 0 Å². The van der Waals surface area contributed by atoms with Gasteiger partial charge in [0, 0.05) is 38.0 Å². The molecule has 2 N–H and O–H groups in total. The van der Waals surface area contributed by atoms with E-state index in [1.165, 1.54) is 0 Å². The van der Waals surface area contributed by atoms with E-state index >= 15 is 0 Å². The van der Waals surface area contributed by atoms with E-state index in [1.807, 2.05) is 49.5 Å². The molecule has 2 aromatic rings. The summed E-state index contributed by atoms with van der Waals surface area (Å²) >= 11 is 0. The van der Waals surface area contributed by atoms with Crippen LogP contribution in [0.15, 0.2) is 54.7 Å². The Hall–Kier alpha value is -2.28.